The van der Waals surface area contributed by atoms with E-state index in [9.17, 15) is 0 Å². The fourth-order valence-corrected chi connectivity index (χ4v) is 2.22. The maximum atomic E-state index is 5.61. The lowest BCUT2D eigenvalue weighted by molar-refractivity contribution is 0.0340. The Bertz CT molecular complexity index is 341. The van der Waals surface area contributed by atoms with E-state index < -0.39 is 0 Å². The van der Waals surface area contributed by atoms with Crippen molar-refractivity contribution in [3.63, 3.8) is 0 Å². The number of aromatic nitrogens is 1. The Labute approximate surface area is 105 Å². The highest BCUT2D eigenvalue weighted by Gasteiger charge is 2.24. The van der Waals surface area contributed by atoms with E-state index in [0.717, 1.165) is 24.3 Å². The lowest BCUT2D eigenvalue weighted by Gasteiger charge is -2.37. The van der Waals surface area contributed by atoms with Crippen LogP contribution in [0.3, 0.4) is 0 Å². The minimum Gasteiger partial charge on any atom is -0.375 e. The lowest BCUT2D eigenvalue weighted by atomic mass is 10.2. The van der Waals surface area contributed by atoms with Gasteiger partial charge in [0, 0.05) is 18.1 Å². The van der Waals surface area contributed by atoms with Gasteiger partial charge in [-0.2, -0.15) is 0 Å². The predicted molar refractivity (Wildman–Crippen MR) is 69.1 cm³/mol. The number of morpholine rings is 1. The van der Waals surface area contributed by atoms with E-state index in [4.69, 9.17) is 4.74 Å². The van der Waals surface area contributed by atoms with Crippen molar-refractivity contribution >= 4 is 21.7 Å². The number of pyridine rings is 1. The van der Waals surface area contributed by atoms with Gasteiger partial charge in [-0.15, -0.1) is 0 Å². The molecule has 1 aliphatic heterocycles. The molecule has 1 fully saturated rings. The summed E-state index contributed by atoms with van der Waals surface area (Å²) in [5.74, 6) is 1.05. The standard InChI is InChI=1S/C12H17BrN2O/c1-9-8-16-10(2)7-15(9)12-4-3-11(5-13)6-14-12/h3-4,6,9-10H,5,7-8H2,1-2H3. The third-order valence-corrected chi connectivity index (χ3v) is 3.51. The minimum atomic E-state index is 0.286. The Hall–Kier alpha value is -0.610. The van der Waals surface area contributed by atoms with Gasteiger partial charge in [0.25, 0.3) is 0 Å². The molecule has 0 spiro atoms. The summed E-state index contributed by atoms with van der Waals surface area (Å²) in [6.45, 7) is 5.97. The number of halogens is 1. The number of ether oxygens (including phenoxy) is 1. The highest BCUT2D eigenvalue weighted by atomic mass is 79.9. The van der Waals surface area contributed by atoms with Gasteiger partial charge < -0.3 is 9.64 Å². The first-order valence-electron chi connectivity index (χ1n) is 5.60. The summed E-state index contributed by atoms with van der Waals surface area (Å²) in [6.07, 6.45) is 2.21. The van der Waals surface area contributed by atoms with E-state index in [0.29, 0.717) is 6.04 Å². The number of rotatable bonds is 2. The smallest absolute Gasteiger partial charge is 0.128 e. The van der Waals surface area contributed by atoms with Crippen LogP contribution in [0.5, 0.6) is 0 Å². The van der Waals surface area contributed by atoms with Crippen molar-refractivity contribution in [2.24, 2.45) is 0 Å². The van der Waals surface area contributed by atoms with Crippen LogP contribution in [0.1, 0.15) is 19.4 Å². The average Bonchev–Trinajstić information content (AvgIpc) is 2.32. The molecular formula is C12H17BrN2O. The molecule has 3 nitrogen and oxygen atoms in total. The van der Waals surface area contributed by atoms with Gasteiger partial charge in [-0.1, -0.05) is 22.0 Å². The van der Waals surface area contributed by atoms with E-state index >= 15 is 0 Å². The Balaban J connectivity index is 2.15. The highest BCUT2D eigenvalue weighted by molar-refractivity contribution is 9.08. The van der Waals surface area contributed by atoms with Gasteiger partial charge in [0.15, 0.2) is 0 Å². The van der Waals surface area contributed by atoms with Crippen molar-refractivity contribution < 1.29 is 4.74 Å². The first-order valence-corrected chi connectivity index (χ1v) is 6.72. The molecule has 1 aliphatic rings. The summed E-state index contributed by atoms with van der Waals surface area (Å²) < 4.78 is 5.61. The van der Waals surface area contributed by atoms with Gasteiger partial charge in [0.05, 0.1) is 18.8 Å². The van der Waals surface area contributed by atoms with Gasteiger partial charge in [0.1, 0.15) is 5.82 Å². The van der Waals surface area contributed by atoms with Crippen molar-refractivity contribution in [3.05, 3.63) is 23.9 Å². The first kappa shape index (κ1) is 11.9. The molecule has 1 aromatic heterocycles. The molecule has 2 atom stereocenters. The van der Waals surface area contributed by atoms with Gasteiger partial charge in [0.2, 0.25) is 0 Å². The molecule has 16 heavy (non-hydrogen) atoms. The molecule has 0 bridgehead atoms. The molecule has 2 rings (SSSR count). The summed E-state index contributed by atoms with van der Waals surface area (Å²) >= 11 is 3.43. The molecule has 4 heteroatoms. The molecule has 1 saturated heterocycles. The van der Waals surface area contributed by atoms with Crippen LogP contribution >= 0.6 is 15.9 Å². The quantitative estimate of drug-likeness (QED) is 0.781. The molecule has 2 unspecified atom stereocenters. The van der Waals surface area contributed by atoms with Crippen LogP contribution in [0.25, 0.3) is 0 Å². The summed E-state index contributed by atoms with van der Waals surface area (Å²) in [5, 5.41) is 0.856. The SMILES string of the molecule is CC1CN(c2ccc(CBr)cn2)C(C)CO1. The highest BCUT2D eigenvalue weighted by Crippen LogP contribution is 2.20. The average molecular weight is 285 g/mol. The van der Waals surface area contributed by atoms with Gasteiger partial charge >= 0.3 is 0 Å². The van der Waals surface area contributed by atoms with Crippen molar-refractivity contribution in [2.75, 3.05) is 18.1 Å². The monoisotopic (exact) mass is 284 g/mol. The molecule has 0 N–H and O–H groups in total. The van der Waals surface area contributed by atoms with Crippen LogP contribution < -0.4 is 4.90 Å². The van der Waals surface area contributed by atoms with Crippen molar-refractivity contribution in [1.82, 2.24) is 4.98 Å². The second-order valence-electron chi connectivity index (χ2n) is 4.30. The molecular weight excluding hydrogens is 268 g/mol. The molecule has 0 radical (unpaired) electrons. The molecule has 0 aromatic carbocycles. The van der Waals surface area contributed by atoms with Crippen molar-refractivity contribution in [2.45, 2.75) is 31.3 Å². The molecule has 0 saturated carbocycles. The number of nitrogens with zero attached hydrogens (tertiary/aromatic N) is 2. The van der Waals surface area contributed by atoms with Crippen LogP contribution in [0, 0.1) is 0 Å². The number of hydrogen-bond acceptors (Lipinski definition) is 3. The van der Waals surface area contributed by atoms with Crippen LogP contribution in [0.4, 0.5) is 5.82 Å². The zero-order valence-electron chi connectivity index (χ0n) is 9.69. The summed E-state index contributed by atoms with van der Waals surface area (Å²) in [7, 11) is 0. The van der Waals surface area contributed by atoms with E-state index in [1.807, 2.05) is 6.20 Å². The first-order chi connectivity index (χ1) is 7.70. The van der Waals surface area contributed by atoms with E-state index in [1.165, 1.54) is 5.56 Å². The third kappa shape index (κ3) is 2.55. The van der Waals surface area contributed by atoms with E-state index in [1.54, 1.807) is 0 Å². The maximum absolute atomic E-state index is 5.61. The predicted octanol–water partition coefficient (Wildman–Crippen LogP) is 2.59. The third-order valence-electron chi connectivity index (χ3n) is 2.87. The minimum absolute atomic E-state index is 0.286. The molecule has 2 heterocycles. The Morgan fingerprint density at radius 3 is 2.94 bits per heavy atom. The van der Waals surface area contributed by atoms with Crippen molar-refractivity contribution in [1.29, 1.82) is 0 Å². The van der Waals surface area contributed by atoms with Crippen molar-refractivity contribution in [3.8, 4) is 0 Å². The zero-order chi connectivity index (χ0) is 11.5. The second-order valence-corrected chi connectivity index (χ2v) is 4.86. The largest absolute Gasteiger partial charge is 0.375 e. The summed E-state index contributed by atoms with van der Waals surface area (Å²) in [5.41, 5.74) is 1.21. The Morgan fingerprint density at radius 2 is 2.31 bits per heavy atom. The fraction of sp³-hybridized carbons (Fsp3) is 0.583. The molecule has 88 valence electrons. The van der Waals surface area contributed by atoms with Gasteiger partial charge in [-0.3, -0.25) is 0 Å². The van der Waals surface area contributed by atoms with Crippen LogP contribution in [0.2, 0.25) is 0 Å². The summed E-state index contributed by atoms with van der Waals surface area (Å²) in [4.78, 5) is 6.81. The normalized spacial score (nSPS) is 25.8. The van der Waals surface area contributed by atoms with Gasteiger partial charge in [-0.05, 0) is 25.5 Å². The maximum Gasteiger partial charge on any atom is 0.128 e. The molecule has 0 amide bonds. The Morgan fingerprint density at radius 1 is 1.50 bits per heavy atom. The topological polar surface area (TPSA) is 25.4 Å². The lowest BCUT2D eigenvalue weighted by Crippen LogP contribution is -2.47. The number of alkyl halides is 1. The van der Waals surface area contributed by atoms with Crippen LogP contribution in [-0.2, 0) is 10.1 Å². The van der Waals surface area contributed by atoms with Gasteiger partial charge in [-0.25, -0.2) is 4.98 Å². The van der Waals surface area contributed by atoms with Crippen LogP contribution in [-0.4, -0.2) is 30.3 Å². The van der Waals surface area contributed by atoms with E-state index in [2.05, 4.69) is 51.8 Å². The second kappa shape index (κ2) is 5.15. The fourth-order valence-electron chi connectivity index (χ4n) is 1.89. The summed E-state index contributed by atoms with van der Waals surface area (Å²) in [6, 6.07) is 4.60. The molecule has 0 aliphatic carbocycles. The molecule has 1 aromatic rings. The number of anilines is 1. The number of hydrogen-bond donors (Lipinski definition) is 0. The zero-order valence-corrected chi connectivity index (χ0v) is 11.3. The van der Waals surface area contributed by atoms with E-state index in [-0.39, 0.29) is 6.10 Å². The van der Waals surface area contributed by atoms with Crippen LogP contribution in [0.15, 0.2) is 18.3 Å². The Kier molecular flexibility index (Phi) is 3.82.